The fourth-order valence-electron chi connectivity index (χ4n) is 4.82. The van der Waals surface area contributed by atoms with Crippen LogP contribution in [0.3, 0.4) is 0 Å². The van der Waals surface area contributed by atoms with Gasteiger partial charge in [0.2, 0.25) is 0 Å². The number of hydrogen-bond acceptors (Lipinski definition) is 5. The third-order valence-electron chi connectivity index (χ3n) is 6.76. The first-order chi connectivity index (χ1) is 19.2. The molecule has 0 saturated carbocycles. The van der Waals surface area contributed by atoms with Crippen molar-refractivity contribution < 1.29 is 4.79 Å². The fraction of sp³-hybridized carbons (Fsp3) is 0.129. The Morgan fingerprint density at radius 3 is 2.46 bits per heavy atom. The molecule has 0 aliphatic rings. The smallest absolute Gasteiger partial charge is 0.270 e. The van der Waals surface area contributed by atoms with Crippen molar-refractivity contribution in [1.82, 2.24) is 35.0 Å². The van der Waals surface area contributed by atoms with Crippen molar-refractivity contribution in [2.75, 3.05) is 0 Å². The highest BCUT2D eigenvalue weighted by Crippen LogP contribution is 2.26. The van der Waals surface area contributed by atoms with E-state index in [2.05, 4.69) is 53.2 Å². The van der Waals surface area contributed by atoms with E-state index in [1.165, 1.54) is 0 Å². The summed E-state index contributed by atoms with van der Waals surface area (Å²) in [6.07, 6.45) is 8.33. The predicted octanol–water partition coefficient (Wildman–Crippen LogP) is 4.90. The van der Waals surface area contributed by atoms with E-state index in [0.717, 1.165) is 33.4 Å². The lowest BCUT2D eigenvalue weighted by atomic mass is 10.0. The van der Waals surface area contributed by atoms with Gasteiger partial charge in [-0.15, -0.1) is 10.2 Å². The van der Waals surface area contributed by atoms with Crippen molar-refractivity contribution in [2.45, 2.75) is 25.4 Å². The Bertz CT molecular complexity index is 1680. The second-order valence-electron chi connectivity index (χ2n) is 9.38. The SMILES string of the molecule is O=C(NC(Cc1c[nH]c2ccccc12)c1nnc(Cc2ccccc2)n1Cc1ccncc1)c1ccccn1. The standard InChI is InChI=1S/C31H27N7O/c39-31(27-12-6-7-15-33-27)35-28(19-24-20-34-26-11-5-4-10-25(24)26)30-37-36-29(18-22-8-2-1-3-9-22)38(30)21-23-13-16-32-17-14-23/h1-17,20,28,34H,18-19,21H2,(H,35,39). The Labute approximate surface area is 225 Å². The minimum atomic E-state index is -0.447. The van der Waals surface area contributed by atoms with E-state index in [0.29, 0.717) is 30.9 Å². The van der Waals surface area contributed by atoms with Crippen molar-refractivity contribution in [3.8, 4) is 0 Å². The quantitative estimate of drug-likeness (QED) is 0.286. The van der Waals surface area contributed by atoms with Crippen LogP contribution in [0.1, 0.15) is 44.9 Å². The number of carbonyl (C=O) groups is 1. The molecule has 0 bridgehead atoms. The topological polar surface area (TPSA) is 101 Å². The number of H-pyrrole nitrogens is 1. The highest BCUT2D eigenvalue weighted by atomic mass is 16.2. The van der Waals surface area contributed by atoms with Crippen LogP contribution in [0.5, 0.6) is 0 Å². The molecule has 8 heteroatoms. The van der Waals surface area contributed by atoms with E-state index in [-0.39, 0.29) is 5.91 Å². The molecular formula is C31H27N7O. The number of para-hydroxylation sites is 1. The van der Waals surface area contributed by atoms with Crippen LogP contribution in [0, 0.1) is 0 Å². The number of nitrogens with zero attached hydrogens (tertiary/aromatic N) is 5. The zero-order valence-electron chi connectivity index (χ0n) is 21.2. The van der Waals surface area contributed by atoms with E-state index in [1.54, 1.807) is 36.8 Å². The highest BCUT2D eigenvalue weighted by molar-refractivity contribution is 5.92. The summed E-state index contributed by atoms with van der Waals surface area (Å²) >= 11 is 0. The Morgan fingerprint density at radius 1 is 0.846 bits per heavy atom. The summed E-state index contributed by atoms with van der Waals surface area (Å²) in [4.78, 5) is 25.1. The first-order valence-electron chi connectivity index (χ1n) is 12.9. The number of fused-ring (bicyclic) bond motifs is 1. The number of hydrogen-bond donors (Lipinski definition) is 2. The molecule has 6 aromatic rings. The Hall–Kier alpha value is -5.11. The molecule has 192 valence electrons. The average Bonchev–Trinajstić information content (AvgIpc) is 3.58. The molecule has 6 rings (SSSR count). The summed E-state index contributed by atoms with van der Waals surface area (Å²) in [6.45, 7) is 0.552. The van der Waals surface area contributed by atoms with Crippen LogP contribution in [-0.2, 0) is 19.4 Å². The minimum Gasteiger partial charge on any atom is -0.361 e. The largest absolute Gasteiger partial charge is 0.361 e. The molecule has 2 aromatic carbocycles. The van der Waals surface area contributed by atoms with Crippen LogP contribution in [0.2, 0.25) is 0 Å². The molecule has 0 spiro atoms. The average molecular weight is 514 g/mol. The molecule has 0 aliphatic carbocycles. The van der Waals surface area contributed by atoms with Gasteiger partial charge in [-0.2, -0.15) is 0 Å². The molecule has 1 unspecified atom stereocenters. The second kappa shape index (κ2) is 11.1. The molecular weight excluding hydrogens is 486 g/mol. The number of benzene rings is 2. The third-order valence-corrected chi connectivity index (χ3v) is 6.76. The molecule has 4 aromatic heterocycles. The van der Waals surface area contributed by atoms with Crippen LogP contribution in [0.25, 0.3) is 10.9 Å². The second-order valence-corrected chi connectivity index (χ2v) is 9.38. The van der Waals surface area contributed by atoms with Crippen molar-refractivity contribution in [1.29, 1.82) is 0 Å². The molecule has 0 fully saturated rings. The normalized spacial score (nSPS) is 11.9. The van der Waals surface area contributed by atoms with Gasteiger partial charge in [-0.05, 0) is 47.0 Å². The molecule has 0 aliphatic heterocycles. The van der Waals surface area contributed by atoms with Gasteiger partial charge < -0.3 is 14.9 Å². The molecule has 4 heterocycles. The summed E-state index contributed by atoms with van der Waals surface area (Å²) in [5, 5.41) is 13.6. The van der Waals surface area contributed by atoms with Crippen LogP contribution in [0.4, 0.5) is 0 Å². The maximum Gasteiger partial charge on any atom is 0.270 e. The zero-order chi connectivity index (χ0) is 26.4. The number of aromatic amines is 1. The molecule has 39 heavy (non-hydrogen) atoms. The van der Waals surface area contributed by atoms with E-state index in [9.17, 15) is 4.79 Å². The lowest BCUT2D eigenvalue weighted by Gasteiger charge is -2.20. The number of pyridine rings is 2. The molecule has 1 amide bonds. The Kier molecular flexibility index (Phi) is 6.90. The number of rotatable bonds is 9. The van der Waals surface area contributed by atoms with E-state index in [4.69, 9.17) is 0 Å². The van der Waals surface area contributed by atoms with Gasteiger partial charge in [-0.3, -0.25) is 14.8 Å². The number of carbonyl (C=O) groups excluding carboxylic acids is 1. The number of amides is 1. The first-order valence-corrected chi connectivity index (χ1v) is 12.9. The molecule has 0 radical (unpaired) electrons. The van der Waals surface area contributed by atoms with Crippen LogP contribution in [0.15, 0.2) is 110 Å². The van der Waals surface area contributed by atoms with Crippen molar-refractivity contribution >= 4 is 16.8 Å². The summed E-state index contributed by atoms with van der Waals surface area (Å²) in [7, 11) is 0. The van der Waals surface area contributed by atoms with Gasteiger partial charge in [-0.1, -0.05) is 54.6 Å². The van der Waals surface area contributed by atoms with Crippen LogP contribution in [-0.4, -0.2) is 35.6 Å². The fourth-order valence-corrected chi connectivity index (χ4v) is 4.82. The summed E-state index contributed by atoms with van der Waals surface area (Å²) in [5.74, 6) is 1.25. The molecule has 1 atom stereocenters. The molecule has 8 nitrogen and oxygen atoms in total. The summed E-state index contributed by atoms with van der Waals surface area (Å²) < 4.78 is 2.11. The first kappa shape index (κ1) is 24.2. The van der Waals surface area contributed by atoms with Gasteiger partial charge in [0.15, 0.2) is 5.82 Å². The van der Waals surface area contributed by atoms with Gasteiger partial charge >= 0.3 is 0 Å². The predicted molar refractivity (Wildman–Crippen MR) is 149 cm³/mol. The molecule has 0 saturated heterocycles. The maximum absolute atomic E-state index is 13.3. The van der Waals surface area contributed by atoms with Crippen LogP contribution < -0.4 is 5.32 Å². The Morgan fingerprint density at radius 2 is 1.64 bits per heavy atom. The number of nitrogens with one attached hydrogen (secondary N) is 2. The lowest BCUT2D eigenvalue weighted by molar-refractivity contribution is 0.0929. The van der Waals surface area contributed by atoms with Crippen molar-refractivity contribution in [3.63, 3.8) is 0 Å². The number of aromatic nitrogens is 6. The Balaban J connectivity index is 1.42. The van der Waals surface area contributed by atoms with Gasteiger partial charge in [0.25, 0.3) is 5.91 Å². The summed E-state index contributed by atoms with van der Waals surface area (Å²) in [6, 6.07) is 27.2. The van der Waals surface area contributed by atoms with Crippen LogP contribution >= 0.6 is 0 Å². The van der Waals surface area contributed by atoms with Gasteiger partial charge in [0.1, 0.15) is 11.5 Å². The lowest BCUT2D eigenvalue weighted by Crippen LogP contribution is -2.33. The zero-order valence-corrected chi connectivity index (χ0v) is 21.2. The molecule has 2 N–H and O–H groups in total. The maximum atomic E-state index is 13.3. The summed E-state index contributed by atoms with van der Waals surface area (Å²) in [5.41, 5.74) is 4.69. The van der Waals surface area contributed by atoms with Crippen molar-refractivity contribution in [3.05, 3.63) is 144 Å². The van der Waals surface area contributed by atoms with Gasteiger partial charge in [-0.25, -0.2) is 0 Å². The highest BCUT2D eigenvalue weighted by Gasteiger charge is 2.26. The minimum absolute atomic E-state index is 0.261. The van der Waals surface area contributed by atoms with Gasteiger partial charge in [0, 0.05) is 48.5 Å². The van der Waals surface area contributed by atoms with Gasteiger partial charge in [0.05, 0.1) is 12.6 Å². The van der Waals surface area contributed by atoms with E-state index < -0.39 is 6.04 Å². The monoisotopic (exact) mass is 513 g/mol. The third kappa shape index (κ3) is 5.45. The van der Waals surface area contributed by atoms with Crippen molar-refractivity contribution in [2.24, 2.45) is 0 Å². The van der Waals surface area contributed by atoms with E-state index in [1.807, 2.05) is 54.7 Å². The van der Waals surface area contributed by atoms with E-state index >= 15 is 0 Å².